The van der Waals surface area contributed by atoms with Crippen LogP contribution < -0.4 is 5.73 Å². The SMILES string of the molecule is Nc1cccc(-c2nnnn2CC2CCCOC2)c1Br. The minimum Gasteiger partial charge on any atom is -0.398 e. The van der Waals surface area contributed by atoms with Gasteiger partial charge in [-0.1, -0.05) is 6.07 Å². The molecule has 1 aliphatic heterocycles. The number of aromatic nitrogens is 4. The van der Waals surface area contributed by atoms with Gasteiger partial charge in [-0.05, 0) is 51.3 Å². The Labute approximate surface area is 125 Å². The molecule has 2 aromatic rings. The number of hydrogen-bond donors (Lipinski definition) is 1. The zero-order chi connectivity index (χ0) is 13.9. The van der Waals surface area contributed by atoms with Gasteiger partial charge in [-0.3, -0.25) is 0 Å². The number of benzene rings is 1. The number of anilines is 1. The normalized spacial score (nSPS) is 19.1. The van der Waals surface area contributed by atoms with E-state index in [0.717, 1.165) is 48.5 Å². The van der Waals surface area contributed by atoms with Gasteiger partial charge in [-0.25, -0.2) is 4.68 Å². The Balaban J connectivity index is 1.87. The molecular formula is C13H16BrN5O. The maximum Gasteiger partial charge on any atom is 0.183 e. The molecule has 1 atom stereocenters. The van der Waals surface area contributed by atoms with Crippen LogP contribution in [0.1, 0.15) is 12.8 Å². The van der Waals surface area contributed by atoms with Gasteiger partial charge in [0.25, 0.3) is 0 Å². The van der Waals surface area contributed by atoms with E-state index in [9.17, 15) is 0 Å². The van der Waals surface area contributed by atoms with Crippen molar-refractivity contribution in [2.75, 3.05) is 18.9 Å². The largest absolute Gasteiger partial charge is 0.398 e. The van der Waals surface area contributed by atoms with Gasteiger partial charge in [0.15, 0.2) is 5.82 Å². The second kappa shape index (κ2) is 5.88. The average Bonchev–Trinajstić information content (AvgIpc) is 2.91. The van der Waals surface area contributed by atoms with Crippen LogP contribution in [0.25, 0.3) is 11.4 Å². The van der Waals surface area contributed by atoms with Crippen LogP contribution in [0.2, 0.25) is 0 Å². The van der Waals surface area contributed by atoms with E-state index in [2.05, 4.69) is 31.5 Å². The van der Waals surface area contributed by atoms with Crippen molar-refractivity contribution in [1.29, 1.82) is 0 Å². The zero-order valence-electron chi connectivity index (χ0n) is 11.0. The van der Waals surface area contributed by atoms with Crippen LogP contribution in [0.4, 0.5) is 5.69 Å². The third-order valence-electron chi connectivity index (χ3n) is 3.49. The van der Waals surface area contributed by atoms with Crippen molar-refractivity contribution in [2.24, 2.45) is 5.92 Å². The minimum atomic E-state index is 0.464. The second-order valence-electron chi connectivity index (χ2n) is 4.98. The zero-order valence-corrected chi connectivity index (χ0v) is 12.6. The Morgan fingerprint density at radius 3 is 3.15 bits per heavy atom. The molecule has 1 saturated heterocycles. The van der Waals surface area contributed by atoms with E-state index in [0.29, 0.717) is 11.6 Å². The molecule has 1 unspecified atom stereocenters. The number of nitrogens with two attached hydrogens (primary N) is 1. The number of ether oxygens (including phenoxy) is 1. The van der Waals surface area contributed by atoms with Crippen molar-refractivity contribution in [3.05, 3.63) is 22.7 Å². The third kappa shape index (κ3) is 2.69. The van der Waals surface area contributed by atoms with Gasteiger partial charge >= 0.3 is 0 Å². The van der Waals surface area contributed by atoms with E-state index < -0.39 is 0 Å². The molecule has 0 bridgehead atoms. The molecule has 0 amide bonds. The Hall–Kier alpha value is -1.47. The Kier molecular flexibility index (Phi) is 3.98. The standard InChI is InChI=1S/C13H16BrN5O/c14-12-10(4-1-5-11(12)15)13-16-17-18-19(13)7-9-3-2-6-20-8-9/h1,4-5,9H,2-3,6-8,15H2. The molecule has 2 N–H and O–H groups in total. The summed E-state index contributed by atoms with van der Waals surface area (Å²) in [4.78, 5) is 0. The monoisotopic (exact) mass is 337 g/mol. The lowest BCUT2D eigenvalue weighted by Gasteiger charge is -2.22. The molecule has 0 aliphatic carbocycles. The Bertz CT molecular complexity index is 594. The van der Waals surface area contributed by atoms with Crippen molar-refractivity contribution in [3.8, 4) is 11.4 Å². The van der Waals surface area contributed by atoms with Gasteiger partial charge in [0.1, 0.15) is 0 Å². The molecule has 1 aliphatic rings. The molecule has 7 heteroatoms. The minimum absolute atomic E-state index is 0.464. The van der Waals surface area contributed by atoms with Crippen molar-refractivity contribution < 1.29 is 4.74 Å². The third-order valence-corrected chi connectivity index (χ3v) is 4.37. The lowest BCUT2D eigenvalue weighted by molar-refractivity contribution is 0.0470. The number of tetrazole rings is 1. The van der Waals surface area contributed by atoms with E-state index in [1.54, 1.807) is 0 Å². The molecule has 1 aromatic heterocycles. The van der Waals surface area contributed by atoms with E-state index >= 15 is 0 Å². The lowest BCUT2D eigenvalue weighted by Crippen LogP contribution is -2.23. The Morgan fingerprint density at radius 1 is 1.45 bits per heavy atom. The Morgan fingerprint density at radius 2 is 2.35 bits per heavy atom. The summed E-state index contributed by atoms with van der Waals surface area (Å²) in [6, 6.07) is 5.70. The highest BCUT2D eigenvalue weighted by molar-refractivity contribution is 9.10. The van der Waals surface area contributed by atoms with Crippen LogP contribution in [-0.4, -0.2) is 33.4 Å². The summed E-state index contributed by atoms with van der Waals surface area (Å²) in [6.07, 6.45) is 2.25. The number of nitrogens with zero attached hydrogens (tertiary/aromatic N) is 4. The van der Waals surface area contributed by atoms with Crippen molar-refractivity contribution in [2.45, 2.75) is 19.4 Å². The molecule has 2 heterocycles. The fraction of sp³-hybridized carbons (Fsp3) is 0.462. The predicted octanol–water partition coefficient (Wildman–Crippen LogP) is 2.11. The number of rotatable bonds is 3. The summed E-state index contributed by atoms with van der Waals surface area (Å²) in [5.74, 6) is 1.19. The van der Waals surface area contributed by atoms with Crippen molar-refractivity contribution >= 4 is 21.6 Å². The summed E-state index contributed by atoms with van der Waals surface area (Å²) >= 11 is 3.50. The number of nitrogen functional groups attached to an aromatic ring is 1. The van der Waals surface area contributed by atoms with E-state index in [-0.39, 0.29) is 0 Å². The summed E-state index contributed by atoms with van der Waals surface area (Å²) in [5, 5.41) is 12.0. The molecule has 0 saturated carbocycles. The predicted molar refractivity (Wildman–Crippen MR) is 78.9 cm³/mol. The lowest BCUT2D eigenvalue weighted by atomic mass is 10.0. The number of hydrogen-bond acceptors (Lipinski definition) is 5. The van der Waals surface area contributed by atoms with Crippen LogP contribution >= 0.6 is 15.9 Å². The first-order valence-electron chi connectivity index (χ1n) is 6.64. The summed E-state index contributed by atoms with van der Waals surface area (Å²) < 4.78 is 8.17. The van der Waals surface area contributed by atoms with E-state index in [1.807, 2.05) is 22.9 Å². The molecule has 20 heavy (non-hydrogen) atoms. The van der Waals surface area contributed by atoms with Gasteiger partial charge in [-0.2, -0.15) is 0 Å². The quantitative estimate of drug-likeness (QED) is 0.867. The molecule has 3 rings (SSSR count). The van der Waals surface area contributed by atoms with Crippen LogP contribution in [0.5, 0.6) is 0 Å². The summed E-state index contributed by atoms with van der Waals surface area (Å²) in [5.41, 5.74) is 7.50. The first kappa shape index (κ1) is 13.5. The maximum absolute atomic E-state index is 5.92. The molecule has 0 radical (unpaired) electrons. The first-order valence-corrected chi connectivity index (χ1v) is 7.43. The van der Waals surface area contributed by atoms with Gasteiger partial charge in [0, 0.05) is 23.8 Å². The smallest absolute Gasteiger partial charge is 0.183 e. The molecule has 0 spiro atoms. The van der Waals surface area contributed by atoms with Crippen LogP contribution in [0.15, 0.2) is 22.7 Å². The summed E-state index contributed by atoms with van der Waals surface area (Å²) in [7, 11) is 0. The van der Waals surface area contributed by atoms with Crippen LogP contribution in [-0.2, 0) is 11.3 Å². The first-order chi connectivity index (χ1) is 9.75. The second-order valence-corrected chi connectivity index (χ2v) is 5.77. The van der Waals surface area contributed by atoms with Crippen molar-refractivity contribution in [3.63, 3.8) is 0 Å². The highest BCUT2D eigenvalue weighted by Gasteiger charge is 2.19. The van der Waals surface area contributed by atoms with Gasteiger partial charge in [-0.15, -0.1) is 5.10 Å². The van der Waals surface area contributed by atoms with Gasteiger partial charge in [0.2, 0.25) is 0 Å². The van der Waals surface area contributed by atoms with Crippen molar-refractivity contribution in [1.82, 2.24) is 20.2 Å². The molecule has 1 fully saturated rings. The molecule has 1 aromatic carbocycles. The van der Waals surface area contributed by atoms with Gasteiger partial charge in [0.05, 0.1) is 17.6 Å². The summed E-state index contributed by atoms with van der Waals surface area (Å²) in [6.45, 7) is 2.40. The van der Waals surface area contributed by atoms with Crippen LogP contribution in [0, 0.1) is 5.92 Å². The molecule has 6 nitrogen and oxygen atoms in total. The van der Waals surface area contributed by atoms with Gasteiger partial charge < -0.3 is 10.5 Å². The fourth-order valence-corrected chi connectivity index (χ4v) is 2.88. The molecule has 106 valence electrons. The topological polar surface area (TPSA) is 78.9 Å². The fourth-order valence-electron chi connectivity index (χ4n) is 2.44. The van der Waals surface area contributed by atoms with Crippen LogP contribution in [0.3, 0.4) is 0 Å². The highest BCUT2D eigenvalue weighted by atomic mass is 79.9. The number of halogens is 1. The maximum atomic E-state index is 5.92. The highest BCUT2D eigenvalue weighted by Crippen LogP contribution is 2.31. The average molecular weight is 338 g/mol. The molecular weight excluding hydrogens is 322 g/mol. The van der Waals surface area contributed by atoms with E-state index in [1.165, 1.54) is 0 Å². The van der Waals surface area contributed by atoms with E-state index in [4.69, 9.17) is 10.5 Å².